The summed E-state index contributed by atoms with van der Waals surface area (Å²) in [6.45, 7) is 4.13. The second-order valence-corrected chi connectivity index (χ2v) is 6.75. The number of hydrogen-bond acceptors (Lipinski definition) is 4. The zero-order valence-corrected chi connectivity index (χ0v) is 13.6. The molecule has 1 saturated carbocycles. The molecular weight excluding hydrogens is 294 g/mol. The molecule has 1 aliphatic carbocycles. The number of piperidine rings is 1. The van der Waals surface area contributed by atoms with Crippen LogP contribution in [0.2, 0.25) is 0 Å². The quantitative estimate of drug-likeness (QED) is 0.842. The molecular formula is C16H25N5O2. The molecule has 0 unspecified atom stereocenters. The van der Waals surface area contributed by atoms with Crippen molar-refractivity contribution in [3.05, 3.63) is 12.7 Å². The lowest BCUT2D eigenvalue weighted by molar-refractivity contribution is -0.137. The Hall–Kier alpha value is -1.92. The zero-order valence-electron chi connectivity index (χ0n) is 13.6. The first kappa shape index (κ1) is 16.0. The first-order valence-corrected chi connectivity index (χ1v) is 8.55. The fraction of sp³-hybridized carbons (Fsp3) is 0.750. The van der Waals surface area contributed by atoms with Gasteiger partial charge in [-0.1, -0.05) is 0 Å². The minimum absolute atomic E-state index is 0.0692. The van der Waals surface area contributed by atoms with Crippen molar-refractivity contribution in [2.24, 2.45) is 11.8 Å². The number of aryl methyl sites for hydroxylation is 1. The number of carbonyl (C=O) groups is 2. The predicted molar refractivity (Wildman–Crippen MR) is 84.3 cm³/mol. The lowest BCUT2D eigenvalue weighted by Gasteiger charge is -2.32. The molecule has 126 valence electrons. The molecule has 7 heteroatoms. The van der Waals surface area contributed by atoms with E-state index in [1.165, 1.54) is 6.33 Å². The van der Waals surface area contributed by atoms with Gasteiger partial charge >= 0.3 is 0 Å². The molecule has 1 saturated heterocycles. The number of hydrogen-bond donors (Lipinski definition) is 1. The Bertz CT molecular complexity index is 541. The second-order valence-electron chi connectivity index (χ2n) is 6.75. The summed E-state index contributed by atoms with van der Waals surface area (Å²) < 4.78 is 1.76. The Kier molecular flexibility index (Phi) is 4.93. The molecule has 2 amide bonds. The summed E-state index contributed by atoms with van der Waals surface area (Å²) in [4.78, 5) is 30.4. The second kappa shape index (κ2) is 7.10. The van der Waals surface area contributed by atoms with Crippen LogP contribution in [0.15, 0.2) is 12.7 Å². The summed E-state index contributed by atoms with van der Waals surface area (Å²) in [5.41, 5.74) is 0. The molecule has 23 heavy (non-hydrogen) atoms. The molecule has 1 N–H and O–H groups in total. The maximum absolute atomic E-state index is 12.4. The molecule has 0 bridgehead atoms. The van der Waals surface area contributed by atoms with Gasteiger partial charge in [-0.15, -0.1) is 0 Å². The van der Waals surface area contributed by atoms with Crippen LogP contribution in [-0.2, 0) is 16.1 Å². The van der Waals surface area contributed by atoms with Gasteiger partial charge in [0.2, 0.25) is 11.8 Å². The number of aromatic nitrogens is 3. The summed E-state index contributed by atoms with van der Waals surface area (Å²) in [6, 6.07) is 0.0845. The minimum Gasteiger partial charge on any atom is -0.353 e. The standard InChI is InChI=1S/C16H25N5O2/c1-12(6-8-21-11-17-10-18-21)19-15(22)14-3-2-7-20(9-14)16(23)13-4-5-13/h10-14H,2-9H2,1H3,(H,19,22)/t12-,14+/m1/s1. The van der Waals surface area contributed by atoms with Gasteiger partial charge in [-0.05, 0) is 39.0 Å². The predicted octanol–water partition coefficient (Wildman–Crippen LogP) is 0.821. The van der Waals surface area contributed by atoms with E-state index in [-0.39, 0.29) is 29.7 Å². The molecule has 1 aliphatic heterocycles. The number of nitrogens with zero attached hydrogens (tertiary/aromatic N) is 4. The van der Waals surface area contributed by atoms with Gasteiger partial charge in [-0.3, -0.25) is 14.3 Å². The Morgan fingerprint density at radius 1 is 1.30 bits per heavy atom. The maximum Gasteiger partial charge on any atom is 0.225 e. The van der Waals surface area contributed by atoms with E-state index >= 15 is 0 Å². The molecule has 0 spiro atoms. The van der Waals surface area contributed by atoms with Crippen molar-refractivity contribution in [2.45, 2.75) is 51.6 Å². The summed E-state index contributed by atoms with van der Waals surface area (Å²) >= 11 is 0. The average molecular weight is 319 g/mol. The van der Waals surface area contributed by atoms with Gasteiger partial charge in [0.15, 0.2) is 0 Å². The zero-order chi connectivity index (χ0) is 16.2. The average Bonchev–Trinajstić information content (AvgIpc) is 3.28. The Labute approximate surface area is 136 Å². The lowest BCUT2D eigenvalue weighted by Crippen LogP contribution is -2.47. The molecule has 7 nitrogen and oxygen atoms in total. The summed E-state index contributed by atoms with van der Waals surface area (Å²) in [7, 11) is 0. The van der Waals surface area contributed by atoms with E-state index in [0.717, 1.165) is 45.2 Å². The number of nitrogens with one attached hydrogen (secondary N) is 1. The highest BCUT2D eigenvalue weighted by molar-refractivity contribution is 5.83. The van der Waals surface area contributed by atoms with Crippen molar-refractivity contribution in [1.29, 1.82) is 0 Å². The highest BCUT2D eigenvalue weighted by Gasteiger charge is 2.36. The first-order chi connectivity index (χ1) is 11.1. The van der Waals surface area contributed by atoms with Gasteiger partial charge in [0.1, 0.15) is 12.7 Å². The fourth-order valence-corrected chi connectivity index (χ4v) is 3.09. The largest absolute Gasteiger partial charge is 0.353 e. The third kappa shape index (κ3) is 4.30. The molecule has 0 aromatic carbocycles. The molecule has 3 rings (SSSR count). The lowest BCUT2D eigenvalue weighted by atomic mass is 9.96. The van der Waals surface area contributed by atoms with E-state index in [2.05, 4.69) is 15.4 Å². The van der Waals surface area contributed by atoms with Crippen LogP contribution in [0.25, 0.3) is 0 Å². The number of amides is 2. The van der Waals surface area contributed by atoms with Crippen molar-refractivity contribution in [3.8, 4) is 0 Å². The minimum atomic E-state index is -0.0692. The summed E-state index contributed by atoms with van der Waals surface area (Å²) in [5, 5.41) is 7.14. The van der Waals surface area contributed by atoms with Crippen LogP contribution in [0.5, 0.6) is 0 Å². The number of likely N-dealkylation sites (tertiary alicyclic amines) is 1. The SMILES string of the molecule is C[C@H](CCn1cncn1)NC(=O)[C@H]1CCCN(C(=O)C2CC2)C1. The molecule has 0 radical (unpaired) electrons. The third-order valence-electron chi connectivity index (χ3n) is 4.68. The summed E-state index contributed by atoms with van der Waals surface area (Å²) in [6.07, 6.45) is 7.83. The highest BCUT2D eigenvalue weighted by Crippen LogP contribution is 2.32. The Morgan fingerprint density at radius 3 is 2.83 bits per heavy atom. The Morgan fingerprint density at radius 2 is 2.13 bits per heavy atom. The van der Waals surface area contributed by atoms with Gasteiger partial charge in [-0.25, -0.2) is 4.98 Å². The van der Waals surface area contributed by atoms with Gasteiger partial charge in [0, 0.05) is 31.6 Å². The number of rotatable bonds is 6. The van der Waals surface area contributed by atoms with E-state index in [1.54, 1.807) is 11.0 Å². The van der Waals surface area contributed by atoms with Gasteiger partial charge in [0.05, 0.1) is 5.92 Å². The molecule has 1 aromatic rings. The van der Waals surface area contributed by atoms with Gasteiger partial charge in [0.25, 0.3) is 0 Å². The third-order valence-corrected chi connectivity index (χ3v) is 4.68. The van der Waals surface area contributed by atoms with Crippen LogP contribution in [0.1, 0.15) is 39.0 Å². The smallest absolute Gasteiger partial charge is 0.225 e. The van der Waals surface area contributed by atoms with Crippen molar-refractivity contribution in [3.63, 3.8) is 0 Å². The van der Waals surface area contributed by atoms with E-state index in [4.69, 9.17) is 0 Å². The van der Waals surface area contributed by atoms with E-state index in [1.807, 2.05) is 11.8 Å². The van der Waals surface area contributed by atoms with Crippen LogP contribution in [0.3, 0.4) is 0 Å². The maximum atomic E-state index is 12.4. The Balaban J connectivity index is 1.44. The van der Waals surface area contributed by atoms with Crippen molar-refractivity contribution in [1.82, 2.24) is 25.0 Å². The topological polar surface area (TPSA) is 80.1 Å². The van der Waals surface area contributed by atoms with Gasteiger partial charge < -0.3 is 10.2 Å². The van der Waals surface area contributed by atoms with Crippen LogP contribution < -0.4 is 5.32 Å². The van der Waals surface area contributed by atoms with Crippen molar-refractivity contribution >= 4 is 11.8 Å². The normalized spacial score (nSPS) is 22.7. The van der Waals surface area contributed by atoms with E-state index in [9.17, 15) is 9.59 Å². The fourth-order valence-electron chi connectivity index (χ4n) is 3.09. The van der Waals surface area contributed by atoms with Crippen molar-refractivity contribution in [2.75, 3.05) is 13.1 Å². The molecule has 2 aliphatic rings. The summed E-state index contributed by atoms with van der Waals surface area (Å²) in [5.74, 6) is 0.491. The van der Waals surface area contributed by atoms with E-state index < -0.39 is 0 Å². The van der Waals surface area contributed by atoms with E-state index in [0.29, 0.717) is 6.54 Å². The number of carbonyl (C=O) groups excluding carboxylic acids is 2. The molecule has 2 atom stereocenters. The van der Waals surface area contributed by atoms with Crippen LogP contribution in [0.4, 0.5) is 0 Å². The van der Waals surface area contributed by atoms with Crippen LogP contribution in [0, 0.1) is 11.8 Å². The van der Waals surface area contributed by atoms with Crippen LogP contribution >= 0.6 is 0 Å². The first-order valence-electron chi connectivity index (χ1n) is 8.55. The van der Waals surface area contributed by atoms with Crippen molar-refractivity contribution < 1.29 is 9.59 Å². The molecule has 1 aromatic heterocycles. The highest BCUT2D eigenvalue weighted by atomic mass is 16.2. The van der Waals surface area contributed by atoms with Gasteiger partial charge in [-0.2, -0.15) is 5.10 Å². The monoisotopic (exact) mass is 319 g/mol. The van der Waals surface area contributed by atoms with Crippen LogP contribution in [-0.4, -0.2) is 50.6 Å². The molecule has 2 fully saturated rings. The molecule has 2 heterocycles.